The first-order valence-corrected chi connectivity index (χ1v) is 4.32. The normalized spacial score (nSPS) is 10.7. The van der Waals surface area contributed by atoms with E-state index in [2.05, 4.69) is 22.3 Å². The summed E-state index contributed by atoms with van der Waals surface area (Å²) in [5, 5.41) is 3.34. The van der Waals surface area contributed by atoms with Crippen molar-refractivity contribution in [2.75, 3.05) is 0 Å². The smallest absolute Gasteiger partial charge is 0.127 e. The van der Waals surface area contributed by atoms with Crippen LogP contribution in [-0.4, -0.2) is 9.97 Å². The van der Waals surface area contributed by atoms with Gasteiger partial charge in [-0.1, -0.05) is 0 Å². The van der Waals surface area contributed by atoms with E-state index < -0.39 is 0 Å². The van der Waals surface area contributed by atoms with Crippen LogP contribution in [0.2, 0.25) is 0 Å². The average molecular weight is 164 g/mol. The number of aryl methyl sites for hydroxylation is 2. The van der Waals surface area contributed by atoms with E-state index >= 15 is 0 Å². The van der Waals surface area contributed by atoms with Crippen molar-refractivity contribution in [2.24, 2.45) is 0 Å². The van der Waals surface area contributed by atoms with Crippen LogP contribution in [0.1, 0.15) is 11.3 Å². The number of thiophene rings is 1. The molecule has 0 unspecified atom stereocenters. The molecule has 0 aliphatic heterocycles. The molecule has 2 nitrogen and oxygen atoms in total. The quantitative estimate of drug-likeness (QED) is 0.597. The summed E-state index contributed by atoms with van der Waals surface area (Å²) < 4.78 is 0. The zero-order valence-corrected chi connectivity index (χ0v) is 7.27. The molecule has 0 amide bonds. The van der Waals surface area contributed by atoms with Crippen molar-refractivity contribution in [2.45, 2.75) is 13.8 Å². The fourth-order valence-corrected chi connectivity index (χ4v) is 2.14. The Labute approximate surface area is 68.9 Å². The molecule has 3 heteroatoms. The van der Waals surface area contributed by atoms with Crippen LogP contribution in [-0.2, 0) is 0 Å². The van der Waals surface area contributed by atoms with Crippen LogP contribution in [0.5, 0.6) is 0 Å². The summed E-state index contributed by atoms with van der Waals surface area (Å²) in [5.74, 6) is 0. The minimum absolute atomic E-state index is 1.08. The first kappa shape index (κ1) is 6.73. The van der Waals surface area contributed by atoms with Crippen LogP contribution in [0.4, 0.5) is 0 Å². The largest absolute Gasteiger partial charge is 0.241 e. The van der Waals surface area contributed by atoms with Crippen molar-refractivity contribution in [1.82, 2.24) is 9.97 Å². The molecule has 56 valence electrons. The second-order valence-corrected chi connectivity index (χ2v) is 3.42. The molecule has 2 aromatic heterocycles. The van der Waals surface area contributed by atoms with Crippen molar-refractivity contribution in [1.29, 1.82) is 0 Å². The Morgan fingerprint density at radius 3 is 2.82 bits per heavy atom. The Kier molecular flexibility index (Phi) is 1.39. The lowest BCUT2D eigenvalue weighted by molar-refractivity contribution is 1.16. The molecule has 0 bridgehead atoms. The van der Waals surface area contributed by atoms with Gasteiger partial charge < -0.3 is 0 Å². The van der Waals surface area contributed by atoms with Crippen LogP contribution in [0.3, 0.4) is 0 Å². The number of rotatable bonds is 0. The first-order chi connectivity index (χ1) is 5.29. The van der Waals surface area contributed by atoms with Gasteiger partial charge in [0, 0.05) is 11.1 Å². The molecule has 0 saturated carbocycles. The lowest BCUT2D eigenvalue weighted by Crippen LogP contribution is -1.83. The van der Waals surface area contributed by atoms with Gasteiger partial charge in [-0.05, 0) is 24.8 Å². The van der Waals surface area contributed by atoms with E-state index in [0.717, 1.165) is 10.5 Å². The molecule has 0 aliphatic rings. The summed E-state index contributed by atoms with van der Waals surface area (Å²) in [4.78, 5) is 9.40. The molecule has 11 heavy (non-hydrogen) atoms. The Bertz CT molecular complexity index is 392. The number of aromatic nitrogens is 2. The van der Waals surface area contributed by atoms with Gasteiger partial charge in [0.2, 0.25) is 0 Å². The van der Waals surface area contributed by atoms with Crippen molar-refractivity contribution in [3.05, 3.63) is 23.0 Å². The lowest BCUT2D eigenvalue weighted by atomic mass is 10.2. The average Bonchev–Trinajstić information content (AvgIpc) is 2.34. The summed E-state index contributed by atoms with van der Waals surface area (Å²) in [7, 11) is 0. The molecule has 0 aromatic carbocycles. The molecule has 2 rings (SSSR count). The van der Waals surface area contributed by atoms with Gasteiger partial charge in [0.05, 0.1) is 0 Å². The summed E-state index contributed by atoms with van der Waals surface area (Å²) in [5.41, 5.74) is 2.36. The van der Waals surface area contributed by atoms with Crippen LogP contribution < -0.4 is 0 Å². The predicted molar refractivity (Wildman–Crippen MR) is 46.9 cm³/mol. The standard InChI is InChI=1S/C8H8N2S/c1-5-3-11-8-7(5)6(2)9-4-10-8/h3-4H,1-2H3. The van der Waals surface area contributed by atoms with E-state index in [-0.39, 0.29) is 0 Å². The zero-order chi connectivity index (χ0) is 7.84. The molecular formula is C8H8N2S. The molecule has 0 N–H and O–H groups in total. The van der Waals surface area contributed by atoms with Crippen LogP contribution in [0.25, 0.3) is 10.2 Å². The van der Waals surface area contributed by atoms with Crippen molar-refractivity contribution >= 4 is 21.6 Å². The molecule has 0 spiro atoms. The van der Waals surface area contributed by atoms with E-state index in [4.69, 9.17) is 0 Å². The fraction of sp³-hybridized carbons (Fsp3) is 0.250. The highest BCUT2D eigenvalue weighted by molar-refractivity contribution is 7.16. The van der Waals surface area contributed by atoms with Crippen LogP contribution in [0.15, 0.2) is 11.7 Å². The molecule has 0 radical (unpaired) electrons. The molecular weight excluding hydrogens is 156 g/mol. The molecule has 0 fully saturated rings. The van der Waals surface area contributed by atoms with Gasteiger partial charge >= 0.3 is 0 Å². The fourth-order valence-electron chi connectivity index (χ4n) is 1.20. The second kappa shape index (κ2) is 2.27. The molecule has 0 atom stereocenters. The third-order valence-electron chi connectivity index (χ3n) is 1.74. The Morgan fingerprint density at radius 1 is 1.27 bits per heavy atom. The van der Waals surface area contributed by atoms with E-state index in [9.17, 15) is 0 Å². The van der Waals surface area contributed by atoms with E-state index in [1.165, 1.54) is 10.9 Å². The van der Waals surface area contributed by atoms with Crippen molar-refractivity contribution < 1.29 is 0 Å². The number of fused-ring (bicyclic) bond motifs is 1. The Hall–Kier alpha value is -0.960. The molecule has 2 heterocycles. The topological polar surface area (TPSA) is 25.8 Å². The Balaban J connectivity index is 2.96. The van der Waals surface area contributed by atoms with Crippen LogP contribution >= 0.6 is 11.3 Å². The summed E-state index contributed by atoms with van der Waals surface area (Å²) in [6, 6.07) is 0. The van der Waals surface area contributed by atoms with Crippen molar-refractivity contribution in [3.8, 4) is 0 Å². The highest BCUT2D eigenvalue weighted by atomic mass is 32.1. The maximum atomic E-state index is 4.17. The molecule has 0 saturated heterocycles. The lowest BCUT2D eigenvalue weighted by Gasteiger charge is -1.93. The highest BCUT2D eigenvalue weighted by Gasteiger charge is 2.03. The van der Waals surface area contributed by atoms with Gasteiger partial charge in [0.25, 0.3) is 0 Å². The summed E-state index contributed by atoms with van der Waals surface area (Å²) >= 11 is 1.68. The monoisotopic (exact) mass is 164 g/mol. The summed E-state index contributed by atoms with van der Waals surface area (Å²) in [6.45, 7) is 4.11. The minimum atomic E-state index is 1.08. The molecule has 2 aromatic rings. The number of nitrogens with zero attached hydrogens (tertiary/aromatic N) is 2. The van der Waals surface area contributed by atoms with E-state index in [1.807, 2.05) is 6.92 Å². The van der Waals surface area contributed by atoms with Gasteiger partial charge in [-0.2, -0.15) is 0 Å². The predicted octanol–water partition coefficient (Wildman–Crippen LogP) is 2.31. The SMILES string of the molecule is Cc1csc2ncnc(C)c12. The minimum Gasteiger partial charge on any atom is -0.241 e. The van der Waals surface area contributed by atoms with Gasteiger partial charge in [0.1, 0.15) is 11.2 Å². The van der Waals surface area contributed by atoms with Crippen LogP contribution in [0, 0.1) is 13.8 Å². The van der Waals surface area contributed by atoms with E-state index in [1.54, 1.807) is 17.7 Å². The van der Waals surface area contributed by atoms with Gasteiger partial charge in [-0.3, -0.25) is 0 Å². The second-order valence-electron chi connectivity index (χ2n) is 2.56. The van der Waals surface area contributed by atoms with Gasteiger partial charge in [-0.15, -0.1) is 11.3 Å². The Morgan fingerprint density at radius 2 is 2.09 bits per heavy atom. The van der Waals surface area contributed by atoms with E-state index in [0.29, 0.717) is 0 Å². The third kappa shape index (κ3) is 0.922. The highest BCUT2D eigenvalue weighted by Crippen LogP contribution is 2.24. The van der Waals surface area contributed by atoms with Crippen molar-refractivity contribution in [3.63, 3.8) is 0 Å². The summed E-state index contributed by atoms with van der Waals surface area (Å²) in [6.07, 6.45) is 1.62. The molecule has 0 aliphatic carbocycles. The number of hydrogen-bond donors (Lipinski definition) is 0. The zero-order valence-electron chi connectivity index (χ0n) is 6.46. The van der Waals surface area contributed by atoms with Gasteiger partial charge in [0.15, 0.2) is 0 Å². The number of hydrogen-bond acceptors (Lipinski definition) is 3. The first-order valence-electron chi connectivity index (χ1n) is 3.44. The maximum absolute atomic E-state index is 4.17. The maximum Gasteiger partial charge on any atom is 0.127 e. The third-order valence-corrected chi connectivity index (χ3v) is 2.75. The van der Waals surface area contributed by atoms with Gasteiger partial charge in [-0.25, -0.2) is 9.97 Å².